The van der Waals surface area contributed by atoms with Crippen LogP contribution in [0.5, 0.6) is 0 Å². The molecule has 0 aromatic heterocycles. The van der Waals surface area contributed by atoms with Gasteiger partial charge < -0.3 is 10.2 Å². The lowest BCUT2D eigenvalue weighted by Gasteiger charge is -2.34. The van der Waals surface area contributed by atoms with Crippen LogP contribution in [-0.2, 0) is 32.6 Å². The number of halogens is 2. The number of rotatable bonds is 13. The monoisotopic (exact) mass is 651 g/mol. The van der Waals surface area contributed by atoms with E-state index in [4.69, 9.17) is 23.2 Å². The maximum Gasteiger partial charge on any atom is 0.264 e. The predicted octanol–water partition coefficient (Wildman–Crippen LogP) is 6.66. The molecule has 230 valence electrons. The number of aryl methyl sites for hydroxylation is 1. The quantitative estimate of drug-likeness (QED) is 0.175. The summed E-state index contributed by atoms with van der Waals surface area (Å²) in [6.07, 6.45) is 0.948. The van der Waals surface area contributed by atoms with Crippen LogP contribution in [0.4, 0.5) is 5.69 Å². The van der Waals surface area contributed by atoms with Crippen molar-refractivity contribution in [3.8, 4) is 0 Å². The first kappa shape index (κ1) is 33.1. The molecule has 1 N–H and O–H groups in total. The molecule has 4 rings (SSSR count). The molecular weight excluding hydrogens is 617 g/mol. The zero-order valence-corrected chi connectivity index (χ0v) is 26.9. The summed E-state index contributed by atoms with van der Waals surface area (Å²) in [5, 5.41) is 3.07. The van der Waals surface area contributed by atoms with Crippen LogP contribution in [0.25, 0.3) is 0 Å². The van der Waals surface area contributed by atoms with Gasteiger partial charge in [-0.1, -0.05) is 115 Å². The smallest absolute Gasteiger partial charge is 0.264 e. The third-order valence-electron chi connectivity index (χ3n) is 7.07. The van der Waals surface area contributed by atoms with E-state index in [0.717, 1.165) is 21.0 Å². The molecule has 0 spiro atoms. The van der Waals surface area contributed by atoms with Crippen LogP contribution in [0.3, 0.4) is 0 Å². The van der Waals surface area contributed by atoms with Gasteiger partial charge in [-0.15, -0.1) is 0 Å². The van der Waals surface area contributed by atoms with Gasteiger partial charge in [0.05, 0.1) is 20.6 Å². The Bertz CT molecular complexity index is 1690. The molecule has 0 aliphatic heterocycles. The average Bonchev–Trinajstić information content (AvgIpc) is 3.02. The van der Waals surface area contributed by atoms with Crippen molar-refractivity contribution >= 4 is 50.7 Å². The van der Waals surface area contributed by atoms with Crippen LogP contribution < -0.4 is 9.62 Å². The van der Waals surface area contributed by atoms with E-state index in [1.54, 1.807) is 30.3 Å². The summed E-state index contributed by atoms with van der Waals surface area (Å²) in [6.45, 7) is 3.79. The number of nitrogens with zero attached hydrogens (tertiary/aromatic N) is 2. The van der Waals surface area contributed by atoms with Crippen molar-refractivity contribution in [2.75, 3.05) is 17.4 Å². The normalized spacial score (nSPS) is 11.9. The maximum absolute atomic E-state index is 14.5. The van der Waals surface area contributed by atoms with Gasteiger partial charge in [0.2, 0.25) is 11.8 Å². The Hall–Kier alpha value is -3.85. The Morgan fingerprint density at radius 3 is 2.14 bits per heavy atom. The summed E-state index contributed by atoms with van der Waals surface area (Å²) in [7, 11) is -4.28. The van der Waals surface area contributed by atoms with Gasteiger partial charge in [-0.3, -0.25) is 13.9 Å². The third-order valence-corrected chi connectivity index (χ3v) is 9.65. The maximum atomic E-state index is 14.5. The Morgan fingerprint density at radius 1 is 0.841 bits per heavy atom. The van der Waals surface area contributed by atoms with E-state index >= 15 is 0 Å². The number of carbonyl (C=O) groups excluding carboxylic acids is 2. The van der Waals surface area contributed by atoms with Gasteiger partial charge in [-0.2, -0.15) is 0 Å². The number of amides is 2. The highest BCUT2D eigenvalue weighted by molar-refractivity contribution is 7.92. The Balaban J connectivity index is 1.82. The summed E-state index contributed by atoms with van der Waals surface area (Å²) in [6, 6.07) is 28.6. The highest BCUT2D eigenvalue weighted by Crippen LogP contribution is 2.35. The molecule has 4 aromatic rings. The van der Waals surface area contributed by atoms with Gasteiger partial charge in [0, 0.05) is 19.5 Å². The molecule has 0 radical (unpaired) electrons. The standard InChI is InChI=1S/C34H35Cl2N3O4S/c1-3-20-37-34(41)31(22-26-13-6-4-7-14-26)38(23-27-15-10-12-25(2)21-27)32(40)24-39(30-19-11-18-29(35)33(30)36)44(42,43)28-16-8-5-9-17-28/h4-19,21,31H,3,20,22-24H2,1-2H3,(H,37,41)/t31-/m0/s1. The van der Waals surface area contributed by atoms with E-state index < -0.39 is 28.5 Å². The number of hydrogen-bond acceptors (Lipinski definition) is 4. The summed E-state index contributed by atoms with van der Waals surface area (Å²) in [5.41, 5.74) is 2.71. The van der Waals surface area contributed by atoms with Gasteiger partial charge in [-0.05, 0) is 48.7 Å². The lowest BCUT2D eigenvalue weighted by molar-refractivity contribution is -0.140. The molecule has 4 aromatic carbocycles. The van der Waals surface area contributed by atoms with Crippen LogP contribution in [0.1, 0.15) is 30.0 Å². The van der Waals surface area contributed by atoms with Crippen molar-refractivity contribution in [2.24, 2.45) is 0 Å². The Labute approximate surface area is 269 Å². The first-order valence-electron chi connectivity index (χ1n) is 14.3. The highest BCUT2D eigenvalue weighted by atomic mass is 35.5. The van der Waals surface area contributed by atoms with Crippen LogP contribution in [0.15, 0.2) is 108 Å². The Morgan fingerprint density at radius 2 is 1.48 bits per heavy atom. The number of carbonyl (C=O) groups is 2. The fraction of sp³-hybridized carbons (Fsp3) is 0.235. The van der Waals surface area contributed by atoms with Crippen molar-refractivity contribution in [3.05, 3.63) is 130 Å². The molecule has 2 amide bonds. The van der Waals surface area contributed by atoms with E-state index in [1.165, 1.54) is 23.1 Å². The zero-order chi connectivity index (χ0) is 31.7. The van der Waals surface area contributed by atoms with Crippen LogP contribution in [-0.4, -0.2) is 44.3 Å². The summed E-state index contributed by atoms with van der Waals surface area (Å²) in [4.78, 5) is 29.6. The van der Waals surface area contributed by atoms with Gasteiger partial charge in [0.15, 0.2) is 0 Å². The molecule has 0 aliphatic rings. The first-order chi connectivity index (χ1) is 21.1. The SMILES string of the molecule is CCCNC(=O)[C@H](Cc1ccccc1)N(Cc1cccc(C)c1)C(=O)CN(c1cccc(Cl)c1Cl)S(=O)(=O)c1ccccc1. The van der Waals surface area contributed by atoms with Crippen molar-refractivity contribution in [1.29, 1.82) is 0 Å². The lowest BCUT2D eigenvalue weighted by Crippen LogP contribution is -2.53. The molecule has 0 aliphatic carbocycles. The molecule has 44 heavy (non-hydrogen) atoms. The topological polar surface area (TPSA) is 86.8 Å². The number of sulfonamides is 1. The van der Waals surface area contributed by atoms with E-state index in [-0.39, 0.29) is 39.5 Å². The highest BCUT2D eigenvalue weighted by Gasteiger charge is 2.35. The van der Waals surface area contributed by atoms with E-state index in [0.29, 0.717) is 13.0 Å². The fourth-order valence-electron chi connectivity index (χ4n) is 4.85. The fourth-order valence-corrected chi connectivity index (χ4v) is 6.74. The van der Waals surface area contributed by atoms with Crippen LogP contribution in [0.2, 0.25) is 10.0 Å². The summed E-state index contributed by atoms with van der Waals surface area (Å²) < 4.78 is 29.1. The number of benzene rings is 4. The van der Waals surface area contributed by atoms with Crippen molar-refractivity contribution in [2.45, 2.75) is 44.2 Å². The molecule has 0 saturated heterocycles. The molecule has 0 saturated carbocycles. The number of hydrogen-bond donors (Lipinski definition) is 1. The zero-order valence-electron chi connectivity index (χ0n) is 24.6. The third kappa shape index (κ3) is 8.20. The second-order valence-electron chi connectivity index (χ2n) is 10.4. The Kier molecular flexibility index (Phi) is 11.4. The molecule has 0 bridgehead atoms. The van der Waals surface area contributed by atoms with E-state index in [9.17, 15) is 18.0 Å². The van der Waals surface area contributed by atoms with Gasteiger partial charge >= 0.3 is 0 Å². The van der Waals surface area contributed by atoms with Gasteiger partial charge in [0.1, 0.15) is 12.6 Å². The molecular formula is C34H35Cl2N3O4S. The van der Waals surface area contributed by atoms with E-state index in [1.807, 2.05) is 68.4 Å². The van der Waals surface area contributed by atoms with Crippen molar-refractivity contribution < 1.29 is 18.0 Å². The second-order valence-corrected chi connectivity index (χ2v) is 13.1. The average molecular weight is 653 g/mol. The van der Waals surface area contributed by atoms with Gasteiger partial charge in [0.25, 0.3) is 10.0 Å². The summed E-state index contributed by atoms with van der Waals surface area (Å²) in [5.74, 6) is -0.899. The van der Waals surface area contributed by atoms with Crippen LogP contribution >= 0.6 is 23.2 Å². The minimum atomic E-state index is -4.28. The minimum Gasteiger partial charge on any atom is -0.354 e. The van der Waals surface area contributed by atoms with E-state index in [2.05, 4.69) is 5.32 Å². The molecule has 1 atom stereocenters. The summed E-state index contributed by atoms with van der Waals surface area (Å²) >= 11 is 12.8. The number of anilines is 1. The van der Waals surface area contributed by atoms with Crippen molar-refractivity contribution in [3.63, 3.8) is 0 Å². The van der Waals surface area contributed by atoms with Crippen molar-refractivity contribution in [1.82, 2.24) is 10.2 Å². The lowest BCUT2D eigenvalue weighted by atomic mass is 10.0. The van der Waals surface area contributed by atoms with Gasteiger partial charge in [-0.25, -0.2) is 8.42 Å². The van der Waals surface area contributed by atoms with Crippen LogP contribution in [0, 0.1) is 6.92 Å². The number of nitrogens with one attached hydrogen (secondary N) is 1. The largest absolute Gasteiger partial charge is 0.354 e. The molecule has 0 heterocycles. The second kappa shape index (κ2) is 15.2. The molecule has 0 unspecified atom stereocenters. The predicted molar refractivity (Wildman–Crippen MR) is 176 cm³/mol. The molecule has 7 nitrogen and oxygen atoms in total. The molecule has 10 heteroatoms. The molecule has 0 fully saturated rings. The first-order valence-corrected chi connectivity index (χ1v) is 16.5. The minimum absolute atomic E-state index is 0.00627.